The lowest BCUT2D eigenvalue weighted by Gasteiger charge is -2.27. The van der Waals surface area contributed by atoms with Crippen molar-refractivity contribution in [2.75, 3.05) is 19.6 Å². The Hall–Kier alpha value is -1.40. The molecule has 0 N–H and O–H groups in total. The van der Waals surface area contributed by atoms with Crippen LogP contribution in [-0.2, 0) is 14.8 Å². The van der Waals surface area contributed by atoms with Crippen molar-refractivity contribution in [2.45, 2.75) is 43.5 Å². The minimum absolute atomic E-state index is 0.0225. The Morgan fingerprint density at radius 1 is 1.05 bits per heavy atom. The molecule has 2 aliphatic rings. The lowest BCUT2D eigenvalue weighted by Crippen LogP contribution is -2.46. The largest absolute Gasteiger partial charge is 0.341 e. The lowest BCUT2D eigenvalue weighted by atomic mass is 10.2. The zero-order chi connectivity index (χ0) is 15.7. The van der Waals surface area contributed by atoms with Gasteiger partial charge in [0.1, 0.15) is 6.04 Å². The minimum Gasteiger partial charge on any atom is -0.341 e. The predicted octanol–water partition coefficient (Wildman–Crippen LogP) is 1.77. The van der Waals surface area contributed by atoms with Crippen LogP contribution in [0.5, 0.6) is 0 Å². The summed E-state index contributed by atoms with van der Waals surface area (Å²) in [5, 5.41) is 0. The maximum atomic E-state index is 12.8. The summed E-state index contributed by atoms with van der Waals surface area (Å²) in [5.41, 5.74) is 1.02. The number of sulfonamides is 1. The number of amides is 1. The monoisotopic (exact) mass is 322 g/mol. The van der Waals surface area contributed by atoms with Crippen molar-refractivity contribution in [1.29, 1.82) is 0 Å². The first-order valence-electron chi connectivity index (χ1n) is 7.87. The van der Waals surface area contributed by atoms with Crippen LogP contribution in [-0.4, -0.2) is 49.2 Å². The van der Waals surface area contributed by atoms with E-state index in [1.54, 1.807) is 24.3 Å². The highest BCUT2D eigenvalue weighted by molar-refractivity contribution is 7.89. The van der Waals surface area contributed by atoms with Gasteiger partial charge in [-0.25, -0.2) is 8.42 Å². The Morgan fingerprint density at radius 3 is 2.32 bits per heavy atom. The van der Waals surface area contributed by atoms with Gasteiger partial charge in [0.05, 0.1) is 4.90 Å². The van der Waals surface area contributed by atoms with Crippen LogP contribution in [0.2, 0.25) is 0 Å². The molecule has 120 valence electrons. The number of hydrogen-bond acceptors (Lipinski definition) is 3. The van der Waals surface area contributed by atoms with Gasteiger partial charge >= 0.3 is 0 Å². The molecule has 0 unspecified atom stereocenters. The van der Waals surface area contributed by atoms with E-state index in [2.05, 4.69) is 0 Å². The fraction of sp³-hybridized carbons (Fsp3) is 0.562. The highest BCUT2D eigenvalue weighted by Gasteiger charge is 2.41. The van der Waals surface area contributed by atoms with Crippen molar-refractivity contribution in [3.63, 3.8) is 0 Å². The Labute approximate surface area is 132 Å². The van der Waals surface area contributed by atoms with Gasteiger partial charge in [-0.15, -0.1) is 0 Å². The highest BCUT2D eigenvalue weighted by atomic mass is 32.2. The summed E-state index contributed by atoms with van der Waals surface area (Å²) in [6.45, 7) is 3.87. The number of nitrogens with zero attached hydrogens (tertiary/aromatic N) is 2. The van der Waals surface area contributed by atoms with Gasteiger partial charge in [-0.05, 0) is 44.7 Å². The number of hydrogen-bond donors (Lipinski definition) is 0. The summed E-state index contributed by atoms with van der Waals surface area (Å²) in [6, 6.07) is 6.31. The SMILES string of the molecule is Cc1ccc(S(=O)(=O)N2CCC[C@H]2C(=O)N2CCCC2)cc1. The number of benzene rings is 1. The smallest absolute Gasteiger partial charge is 0.243 e. The maximum Gasteiger partial charge on any atom is 0.243 e. The summed E-state index contributed by atoms with van der Waals surface area (Å²) < 4.78 is 27.1. The molecule has 0 radical (unpaired) electrons. The van der Waals surface area contributed by atoms with Gasteiger partial charge in [0.25, 0.3) is 0 Å². The predicted molar refractivity (Wildman–Crippen MR) is 83.9 cm³/mol. The Morgan fingerprint density at radius 2 is 1.68 bits per heavy atom. The van der Waals surface area contributed by atoms with Gasteiger partial charge in [-0.3, -0.25) is 4.79 Å². The molecular formula is C16H22N2O3S. The van der Waals surface area contributed by atoms with Crippen LogP contribution < -0.4 is 0 Å². The van der Waals surface area contributed by atoms with Gasteiger partial charge in [-0.1, -0.05) is 17.7 Å². The molecule has 2 fully saturated rings. The Kier molecular flexibility index (Phi) is 4.23. The van der Waals surface area contributed by atoms with Crippen molar-refractivity contribution in [2.24, 2.45) is 0 Å². The number of carbonyl (C=O) groups is 1. The molecule has 1 aromatic rings. The van der Waals surface area contributed by atoms with Crippen LogP contribution in [0.1, 0.15) is 31.2 Å². The fourth-order valence-electron chi connectivity index (χ4n) is 3.27. The normalized spacial score (nSPS) is 23.1. The minimum atomic E-state index is -3.59. The van der Waals surface area contributed by atoms with Gasteiger partial charge in [0.15, 0.2) is 0 Å². The van der Waals surface area contributed by atoms with Crippen molar-refractivity contribution in [1.82, 2.24) is 9.21 Å². The maximum absolute atomic E-state index is 12.8. The number of carbonyl (C=O) groups excluding carboxylic acids is 1. The number of likely N-dealkylation sites (tertiary alicyclic amines) is 1. The standard InChI is InChI=1S/C16H22N2O3S/c1-13-6-8-14(9-7-13)22(20,21)18-12-4-5-15(18)16(19)17-10-2-3-11-17/h6-9,15H,2-5,10-12H2,1H3/t15-/m0/s1. The lowest BCUT2D eigenvalue weighted by molar-refractivity contribution is -0.133. The van der Waals surface area contributed by atoms with Crippen LogP contribution in [0, 0.1) is 6.92 Å². The molecule has 0 aliphatic carbocycles. The van der Waals surface area contributed by atoms with E-state index in [1.807, 2.05) is 11.8 Å². The molecule has 2 heterocycles. The summed E-state index contributed by atoms with van der Waals surface area (Å²) in [7, 11) is -3.59. The molecule has 3 rings (SSSR count). The Balaban J connectivity index is 1.85. The molecule has 1 amide bonds. The van der Waals surface area contributed by atoms with E-state index in [0.29, 0.717) is 13.0 Å². The van der Waals surface area contributed by atoms with E-state index >= 15 is 0 Å². The van der Waals surface area contributed by atoms with Crippen LogP contribution >= 0.6 is 0 Å². The first-order valence-corrected chi connectivity index (χ1v) is 9.31. The fourth-order valence-corrected chi connectivity index (χ4v) is 4.92. The molecule has 6 heteroatoms. The van der Waals surface area contributed by atoms with E-state index in [-0.39, 0.29) is 10.8 Å². The molecule has 5 nitrogen and oxygen atoms in total. The highest BCUT2D eigenvalue weighted by Crippen LogP contribution is 2.28. The van der Waals surface area contributed by atoms with Gasteiger partial charge in [0, 0.05) is 19.6 Å². The van der Waals surface area contributed by atoms with E-state index in [0.717, 1.165) is 37.9 Å². The first kappa shape index (κ1) is 15.5. The summed E-state index contributed by atoms with van der Waals surface area (Å²) >= 11 is 0. The molecule has 0 aromatic heterocycles. The zero-order valence-corrected chi connectivity index (χ0v) is 13.7. The molecule has 1 aromatic carbocycles. The topological polar surface area (TPSA) is 57.7 Å². The average molecular weight is 322 g/mol. The number of rotatable bonds is 3. The molecule has 22 heavy (non-hydrogen) atoms. The van der Waals surface area contributed by atoms with Gasteiger partial charge in [0.2, 0.25) is 15.9 Å². The third-order valence-corrected chi connectivity index (χ3v) is 6.46. The van der Waals surface area contributed by atoms with Crippen LogP contribution in [0.3, 0.4) is 0 Å². The van der Waals surface area contributed by atoms with E-state index in [9.17, 15) is 13.2 Å². The van der Waals surface area contributed by atoms with Gasteiger partial charge < -0.3 is 4.90 Å². The average Bonchev–Trinajstić information content (AvgIpc) is 3.19. The second-order valence-corrected chi connectivity index (χ2v) is 8.01. The van der Waals surface area contributed by atoms with Crippen molar-refractivity contribution in [3.8, 4) is 0 Å². The Bertz CT molecular complexity index is 648. The summed E-state index contributed by atoms with van der Waals surface area (Å²) in [5.74, 6) is -0.0225. The van der Waals surface area contributed by atoms with Crippen LogP contribution in [0.25, 0.3) is 0 Å². The van der Waals surface area contributed by atoms with Crippen molar-refractivity contribution in [3.05, 3.63) is 29.8 Å². The quantitative estimate of drug-likeness (QED) is 0.852. The zero-order valence-electron chi connectivity index (χ0n) is 12.9. The summed E-state index contributed by atoms with van der Waals surface area (Å²) in [4.78, 5) is 14.7. The van der Waals surface area contributed by atoms with Crippen molar-refractivity contribution < 1.29 is 13.2 Å². The second kappa shape index (κ2) is 6.01. The van der Waals surface area contributed by atoms with Gasteiger partial charge in [-0.2, -0.15) is 4.31 Å². The van der Waals surface area contributed by atoms with Crippen LogP contribution in [0.4, 0.5) is 0 Å². The third kappa shape index (κ3) is 2.77. The summed E-state index contributed by atoms with van der Waals surface area (Å²) in [6.07, 6.45) is 3.40. The third-order valence-electron chi connectivity index (χ3n) is 4.53. The molecule has 2 saturated heterocycles. The molecule has 0 spiro atoms. The van der Waals surface area contributed by atoms with E-state index in [4.69, 9.17) is 0 Å². The molecule has 1 atom stereocenters. The van der Waals surface area contributed by atoms with E-state index < -0.39 is 16.1 Å². The number of aryl methyl sites for hydroxylation is 1. The molecule has 0 saturated carbocycles. The second-order valence-electron chi connectivity index (χ2n) is 6.12. The molecule has 2 aliphatic heterocycles. The van der Waals surface area contributed by atoms with E-state index in [1.165, 1.54) is 4.31 Å². The van der Waals surface area contributed by atoms with Crippen LogP contribution in [0.15, 0.2) is 29.2 Å². The first-order chi connectivity index (χ1) is 10.5. The van der Waals surface area contributed by atoms with Crippen molar-refractivity contribution >= 4 is 15.9 Å². The molecule has 0 bridgehead atoms. The molecular weight excluding hydrogens is 300 g/mol.